The monoisotopic (exact) mass is 285 g/mol. The van der Waals surface area contributed by atoms with Crippen LogP contribution in [0.3, 0.4) is 0 Å². The van der Waals surface area contributed by atoms with E-state index < -0.39 is 5.54 Å². The number of ether oxygens (including phenoxy) is 2. The summed E-state index contributed by atoms with van der Waals surface area (Å²) in [6.45, 7) is 0. The lowest BCUT2D eigenvalue weighted by molar-refractivity contribution is 0.199. The first-order valence-corrected chi connectivity index (χ1v) is 7.75. The van der Waals surface area contributed by atoms with Crippen LogP contribution >= 0.6 is 0 Å². The van der Waals surface area contributed by atoms with Gasteiger partial charge in [0.1, 0.15) is 0 Å². The Morgan fingerprint density at radius 2 is 1.95 bits per heavy atom. The summed E-state index contributed by atoms with van der Waals surface area (Å²) >= 11 is 0. The maximum absolute atomic E-state index is 6.14. The van der Waals surface area contributed by atoms with Crippen molar-refractivity contribution in [2.75, 3.05) is 7.11 Å². The third-order valence-corrected chi connectivity index (χ3v) is 4.76. The highest BCUT2D eigenvalue weighted by molar-refractivity contribution is 5.45. The number of methoxy groups -OCH3 is 1. The van der Waals surface area contributed by atoms with E-state index in [0.717, 1.165) is 37.2 Å². The molecule has 21 heavy (non-hydrogen) atoms. The summed E-state index contributed by atoms with van der Waals surface area (Å²) < 4.78 is 11.6. The first-order valence-electron chi connectivity index (χ1n) is 7.75. The zero-order chi connectivity index (χ0) is 14.9. The average Bonchev–Trinajstić information content (AvgIpc) is 2.97. The number of hydrogen-bond acceptors (Lipinski definition) is 3. The summed E-state index contributed by atoms with van der Waals surface area (Å²) in [5, 5.41) is 0. The van der Waals surface area contributed by atoms with Crippen LogP contribution in [0.2, 0.25) is 0 Å². The Morgan fingerprint density at radius 1 is 1.24 bits per heavy atom. The molecule has 2 aliphatic carbocycles. The van der Waals surface area contributed by atoms with Crippen LogP contribution in [-0.2, 0) is 0 Å². The normalized spacial score (nSPS) is 28.7. The number of hydrogen-bond donors (Lipinski definition) is 1. The molecule has 0 aromatic heterocycles. The second-order valence-electron chi connectivity index (χ2n) is 6.34. The first kappa shape index (κ1) is 14.3. The maximum Gasteiger partial charge on any atom is 0.161 e. The van der Waals surface area contributed by atoms with Crippen LogP contribution in [0.25, 0.3) is 0 Å². The Morgan fingerprint density at radius 3 is 2.57 bits per heavy atom. The van der Waals surface area contributed by atoms with Gasteiger partial charge in [-0.2, -0.15) is 0 Å². The zero-order valence-electron chi connectivity index (χ0n) is 12.6. The number of terminal acetylenes is 1. The number of benzene rings is 1. The van der Waals surface area contributed by atoms with Crippen LogP contribution in [0.1, 0.15) is 50.0 Å². The summed E-state index contributed by atoms with van der Waals surface area (Å²) in [6.07, 6.45) is 12.3. The van der Waals surface area contributed by atoms with Gasteiger partial charge < -0.3 is 15.2 Å². The topological polar surface area (TPSA) is 44.5 Å². The van der Waals surface area contributed by atoms with Crippen molar-refractivity contribution in [2.45, 2.75) is 56.1 Å². The summed E-state index contributed by atoms with van der Waals surface area (Å²) in [5.74, 6) is 4.79. The Labute approximate surface area is 126 Å². The molecule has 0 amide bonds. The lowest BCUT2D eigenvalue weighted by Crippen LogP contribution is -2.49. The molecule has 0 saturated heterocycles. The number of rotatable bonds is 4. The van der Waals surface area contributed by atoms with Crippen LogP contribution in [0.15, 0.2) is 18.2 Å². The summed E-state index contributed by atoms with van der Waals surface area (Å²) in [6, 6.07) is 6.20. The second kappa shape index (κ2) is 5.61. The van der Waals surface area contributed by atoms with E-state index >= 15 is 0 Å². The van der Waals surface area contributed by atoms with Crippen molar-refractivity contribution in [3.63, 3.8) is 0 Å². The third-order valence-electron chi connectivity index (χ3n) is 4.76. The molecule has 0 heterocycles. The molecule has 3 rings (SSSR count). The Bertz CT molecular complexity index is 549. The van der Waals surface area contributed by atoms with Crippen molar-refractivity contribution >= 4 is 0 Å². The summed E-state index contributed by atoms with van der Waals surface area (Å²) in [7, 11) is 1.68. The van der Waals surface area contributed by atoms with Crippen molar-refractivity contribution in [2.24, 2.45) is 5.73 Å². The Balaban J connectivity index is 1.75. The Hall–Kier alpha value is -1.66. The minimum Gasteiger partial charge on any atom is -0.493 e. The summed E-state index contributed by atoms with van der Waals surface area (Å²) in [4.78, 5) is 0. The van der Waals surface area contributed by atoms with Gasteiger partial charge in [-0.05, 0) is 62.1 Å². The van der Waals surface area contributed by atoms with E-state index in [1.165, 1.54) is 18.4 Å². The molecule has 2 fully saturated rings. The van der Waals surface area contributed by atoms with Crippen molar-refractivity contribution in [3.05, 3.63) is 23.8 Å². The highest BCUT2D eigenvalue weighted by Crippen LogP contribution is 2.45. The fourth-order valence-electron chi connectivity index (χ4n) is 3.40. The molecule has 0 bridgehead atoms. The quantitative estimate of drug-likeness (QED) is 0.864. The van der Waals surface area contributed by atoms with Crippen LogP contribution < -0.4 is 15.2 Å². The molecule has 3 heteroatoms. The van der Waals surface area contributed by atoms with Crippen molar-refractivity contribution in [1.82, 2.24) is 0 Å². The van der Waals surface area contributed by atoms with E-state index in [1.807, 2.05) is 6.07 Å². The lowest BCUT2D eigenvalue weighted by atomic mass is 9.66. The predicted octanol–water partition coefficient (Wildman–Crippen LogP) is 3.22. The van der Waals surface area contributed by atoms with Gasteiger partial charge in [-0.15, -0.1) is 6.42 Å². The van der Waals surface area contributed by atoms with Crippen molar-refractivity contribution < 1.29 is 9.47 Å². The zero-order valence-corrected chi connectivity index (χ0v) is 12.6. The largest absolute Gasteiger partial charge is 0.493 e. The lowest BCUT2D eigenvalue weighted by Gasteiger charge is -2.41. The molecule has 0 atom stereocenters. The highest BCUT2D eigenvalue weighted by Gasteiger charge is 2.40. The van der Waals surface area contributed by atoms with Gasteiger partial charge >= 0.3 is 0 Å². The van der Waals surface area contributed by atoms with Gasteiger partial charge in [0.05, 0.1) is 18.8 Å². The van der Waals surface area contributed by atoms with Gasteiger partial charge in [-0.1, -0.05) is 12.0 Å². The minimum atomic E-state index is -0.420. The molecule has 112 valence electrons. The maximum atomic E-state index is 6.14. The molecule has 1 aromatic rings. The molecular weight excluding hydrogens is 262 g/mol. The standard InChI is InChI=1S/C18H23NO2/c1-3-18(19)11-14(12-18)13-8-9-16(20-2)17(10-13)21-15-6-4-5-7-15/h1,8-10,14-15H,4-7,11-12,19H2,2H3. The fraction of sp³-hybridized carbons (Fsp3) is 0.556. The van der Waals surface area contributed by atoms with E-state index in [1.54, 1.807) is 7.11 Å². The minimum absolute atomic E-state index is 0.329. The second-order valence-corrected chi connectivity index (χ2v) is 6.34. The fourth-order valence-corrected chi connectivity index (χ4v) is 3.40. The first-order chi connectivity index (χ1) is 10.1. The van der Waals surface area contributed by atoms with E-state index in [0.29, 0.717) is 12.0 Å². The van der Waals surface area contributed by atoms with Crippen LogP contribution in [-0.4, -0.2) is 18.8 Å². The van der Waals surface area contributed by atoms with Crippen LogP contribution in [0.4, 0.5) is 0 Å². The van der Waals surface area contributed by atoms with Crippen molar-refractivity contribution in [1.29, 1.82) is 0 Å². The van der Waals surface area contributed by atoms with Crippen LogP contribution in [0.5, 0.6) is 11.5 Å². The van der Waals surface area contributed by atoms with E-state index in [4.69, 9.17) is 21.6 Å². The van der Waals surface area contributed by atoms with Gasteiger partial charge in [-0.25, -0.2) is 0 Å². The summed E-state index contributed by atoms with van der Waals surface area (Å²) in [5.41, 5.74) is 6.89. The third kappa shape index (κ3) is 2.87. The average molecular weight is 285 g/mol. The molecule has 0 spiro atoms. The van der Waals surface area contributed by atoms with E-state index in [2.05, 4.69) is 18.1 Å². The van der Waals surface area contributed by atoms with Gasteiger partial charge in [0.25, 0.3) is 0 Å². The molecule has 2 N–H and O–H groups in total. The van der Waals surface area contributed by atoms with Gasteiger partial charge in [-0.3, -0.25) is 0 Å². The van der Waals surface area contributed by atoms with Gasteiger partial charge in [0.15, 0.2) is 11.5 Å². The van der Waals surface area contributed by atoms with Gasteiger partial charge in [0.2, 0.25) is 0 Å². The molecule has 3 nitrogen and oxygen atoms in total. The molecule has 0 radical (unpaired) electrons. The molecule has 0 aliphatic heterocycles. The predicted molar refractivity (Wildman–Crippen MR) is 83.6 cm³/mol. The SMILES string of the molecule is C#CC1(N)CC(c2ccc(OC)c(OC3CCCC3)c2)C1. The van der Waals surface area contributed by atoms with Crippen LogP contribution in [0, 0.1) is 12.3 Å². The Kier molecular flexibility index (Phi) is 3.82. The number of nitrogens with two attached hydrogens (primary N) is 1. The molecule has 0 unspecified atom stereocenters. The highest BCUT2D eigenvalue weighted by atomic mass is 16.5. The van der Waals surface area contributed by atoms with Crippen molar-refractivity contribution in [3.8, 4) is 23.8 Å². The van der Waals surface area contributed by atoms with E-state index in [-0.39, 0.29) is 0 Å². The van der Waals surface area contributed by atoms with E-state index in [9.17, 15) is 0 Å². The molecule has 1 aromatic carbocycles. The smallest absolute Gasteiger partial charge is 0.161 e. The molecule has 2 aliphatic rings. The van der Waals surface area contributed by atoms with Gasteiger partial charge in [0, 0.05) is 0 Å². The molecular formula is C18H23NO2. The molecule has 2 saturated carbocycles.